The third kappa shape index (κ3) is 10.9. The molecule has 0 aliphatic rings. The second-order valence-corrected chi connectivity index (χ2v) is 1.79. The van der Waals surface area contributed by atoms with E-state index in [0.29, 0.717) is 0 Å². The molecular formula is C5H8Na2O5+2. The SMILES string of the molecule is O=C(O)CC[C@H](O)C(=O)O.[Na+].[Na+]. The van der Waals surface area contributed by atoms with E-state index in [1.165, 1.54) is 0 Å². The average molecular weight is 194 g/mol. The molecule has 0 fully saturated rings. The Morgan fingerprint density at radius 1 is 1.17 bits per heavy atom. The molecule has 1 atom stereocenters. The van der Waals surface area contributed by atoms with Crippen molar-refractivity contribution in [2.75, 3.05) is 0 Å². The molecule has 7 heteroatoms. The molecule has 5 nitrogen and oxygen atoms in total. The van der Waals surface area contributed by atoms with Gasteiger partial charge in [0, 0.05) is 6.42 Å². The fourth-order valence-electron chi connectivity index (χ4n) is 0.384. The number of aliphatic hydroxyl groups excluding tert-OH is 1. The molecule has 0 unspecified atom stereocenters. The van der Waals surface area contributed by atoms with Gasteiger partial charge >= 0.3 is 71.1 Å². The van der Waals surface area contributed by atoms with E-state index in [9.17, 15) is 9.59 Å². The van der Waals surface area contributed by atoms with Gasteiger partial charge in [-0.3, -0.25) is 4.79 Å². The van der Waals surface area contributed by atoms with Crippen LogP contribution in [0.1, 0.15) is 12.8 Å². The Balaban J connectivity index is -0.000000405. The monoisotopic (exact) mass is 194 g/mol. The Morgan fingerprint density at radius 2 is 1.58 bits per heavy atom. The molecule has 0 spiro atoms. The molecule has 12 heavy (non-hydrogen) atoms. The van der Waals surface area contributed by atoms with Gasteiger partial charge in [-0.25, -0.2) is 4.79 Å². The van der Waals surface area contributed by atoms with E-state index in [-0.39, 0.29) is 72.0 Å². The van der Waals surface area contributed by atoms with Crippen molar-refractivity contribution in [2.45, 2.75) is 18.9 Å². The van der Waals surface area contributed by atoms with Crippen molar-refractivity contribution in [3.8, 4) is 0 Å². The van der Waals surface area contributed by atoms with Crippen molar-refractivity contribution in [1.82, 2.24) is 0 Å². The summed E-state index contributed by atoms with van der Waals surface area (Å²) in [5.41, 5.74) is 0. The van der Waals surface area contributed by atoms with Crippen LogP contribution >= 0.6 is 0 Å². The smallest absolute Gasteiger partial charge is 0.481 e. The molecule has 0 radical (unpaired) electrons. The van der Waals surface area contributed by atoms with Gasteiger partial charge in [-0.2, -0.15) is 0 Å². The number of hydrogen-bond acceptors (Lipinski definition) is 3. The van der Waals surface area contributed by atoms with Gasteiger partial charge in [-0.1, -0.05) is 0 Å². The Labute approximate surface area is 114 Å². The quantitative estimate of drug-likeness (QED) is 0.387. The summed E-state index contributed by atoms with van der Waals surface area (Å²) in [6.45, 7) is 0. The molecule has 0 aliphatic carbocycles. The van der Waals surface area contributed by atoms with E-state index in [0.717, 1.165) is 0 Å². The first-order chi connectivity index (χ1) is 4.54. The molecule has 0 amide bonds. The standard InChI is InChI=1S/C5H8O5.2Na/c6-3(5(9)10)1-2-4(7)8;;/h3,6H,1-2H2,(H,7,8)(H,9,10);;/q;2*+1/t3-;;/m0../s1. The van der Waals surface area contributed by atoms with Gasteiger partial charge in [0.15, 0.2) is 6.10 Å². The Bertz CT molecular complexity index is 149. The number of carbonyl (C=O) groups is 2. The average Bonchev–Trinajstić information content (AvgIpc) is 1.82. The van der Waals surface area contributed by atoms with Crippen LogP contribution in [0.2, 0.25) is 0 Å². The number of rotatable bonds is 4. The zero-order chi connectivity index (χ0) is 8.15. The summed E-state index contributed by atoms with van der Waals surface area (Å²) in [6, 6.07) is 0. The molecule has 0 rings (SSSR count). The van der Waals surface area contributed by atoms with Gasteiger partial charge in [0.1, 0.15) is 0 Å². The van der Waals surface area contributed by atoms with Crippen LogP contribution in [0.5, 0.6) is 0 Å². The van der Waals surface area contributed by atoms with E-state index < -0.39 is 18.0 Å². The Kier molecular flexibility index (Phi) is 15.5. The molecule has 58 valence electrons. The largest absolute Gasteiger partial charge is 1.00 e. The summed E-state index contributed by atoms with van der Waals surface area (Å²) >= 11 is 0. The van der Waals surface area contributed by atoms with Gasteiger partial charge in [-0.15, -0.1) is 0 Å². The van der Waals surface area contributed by atoms with Crippen LogP contribution in [-0.4, -0.2) is 33.4 Å². The molecular weight excluding hydrogens is 186 g/mol. The molecule has 3 N–H and O–H groups in total. The van der Waals surface area contributed by atoms with Crippen molar-refractivity contribution in [1.29, 1.82) is 0 Å². The van der Waals surface area contributed by atoms with Gasteiger partial charge in [-0.05, 0) is 6.42 Å². The van der Waals surface area contributed by atoms with Gasteiger partial charge < -0.3 is 15.3 Å². The Morgan fingerprint density at radius 3 is 1.83 bits per heavy atom. The summed E-state index contributed by atoms with van der Waals surface area (Å²) in [6.07, 6.45) is -2.13. The second-order valence-electron chi connectivity index (χ2n) is 1.79. The fourth-order valence-corrected chi connectivity index (χ4v) is 0.384. The van der Waals surface area contributed by atoms with Gasteiger partial charge in [0.05, 0.1) is 0 Å². The zero-order valence-corrected chi connectivity index (χ0v) is 11.1. The van der Waals surface area contributed by atoms with Crippen LogP contribution < -0.4 is 59.1 Å². The predicted molar refractivity (Wildman–Crippen MR) is 30.5 cm³/mol. The summed E-state index contributed by atoms with van der Waals surface area (Å²) in [4.78, 5) is 19.7. The minimum Gasteiger partial charge on any atom is -0.481 e. The minimum absolute atomic E-state index is 0. The third-order valence-corrected chi connectivity index (χ3v) is 0.917. The van der Waals surface area contributed by atoms with Crippen molar-refractivity contribution >= 4 is 11.9 Å². The maximum Gasteiger partial charge on any atom is 1.00 e. The molecule has 0 aromatic carbocycles. The van der Waals surface area contributed by atoms with Crippen LogP contribution in [0.4, 0.5) is 0 Å². The Hall–Kier alpha value is 0.900. The van der Waals surface area contributed by atoms with Crippen LogP contribution in [0.3, 0.4) is 0 Å². The molecule has 0 aliphatic heterocycles. The van der Waals surface area contributed by atoms with E-state index in [4.69, 9.17) is 15.3 Å². The maximum atomic E-state index is 9.87. The van der Waals surface area contributed by atoms with Crippen molar-refractivity contribution in [2.24, 2.45) is 0 Å². The summed E-state index contributed by atoms with van der Waals surface area (Å²) in [7, 11) is 0. The molecule has 0 aromatic heterocycles. The third-order valence-electron chi connectivity index (χ3n) is 0.917. The molecule has 0 saturated heterocycles. The maximum absolute atomic E-state index is 9.87. The number of aliphatic carboxylic acids is 2. The first-order valence-electron chi connectivity index (χ1n) is 2.66. The normalized spacial score (nSPS) is 10.4. The number of aliphatic hydroxyl groups is 1. The zero-order valence-electron chi connectivity index (χ0n) is 7.15. The molecule has 0 heterocycles. The summed E-state index contributed by atoms with van der Waals surface area (Å²) < 4.78 is 0. The molecule has 0 bridgehead atoms. The fraction of sp³-hybridized carbons (Fsp3) is 0.600. The molecule has 0 aromatic rings. The van der Waals surface area contributed by atoms with E-state index in [1.54, 1.807) is 0 Å². The van der Waals surface area contributed by atoms with Crippen molar-refractivity contribution < 1.29 is 84.0 Å². The van der Waals surface area contributed by atoms with Gasteiger partial charge in [0.25, 0.3) is 0 Å². The minimum atomic E-state index is -1.56. The first kappa shape index (κ1) is 18.6. The van der Waals surface area contributed by atoms with Gasteiger partial charge in [0.2, 0.25) is 0 Å². The predicted octanol–water partition coefficient (Wildman–Crippen LogP) is -6.70. The van der Waals surface area contributed by atoms with Crippen LogP contribution in [0.25, 0.3) is 0 Å². The second kappa shape index (κ2) is 9.98. The van der Waals surface area contributed by atoms with Crippen LogP contribution in [-0.2, 0) is 9.59 Å². The number of carboxylic acids is 2. The van der Waals surface area contributed by atoms with E-state index in [1.807, 2.05) is 0 Å². The summed E-state index contributed by atoms with van der Waals surface area (Å²) in [5.74, 6) is -2.50. The summed E-state index contributed by atoms with van der Waals surface area (Å²) in [5, 5.41) is 24.6. The number of hydrogen-bond donors (Lipinski definition) is 3. The van der Waals surface area contributed by atoms with Crippen LogP contribution in [0, 0.1) is 0 Å². The van der Waals surface area contributed by atoms with Crippen molar-refractivity contribution in [3.63, 3.8) is 0 Å². The van der Waals surface area contributed by atoms with Crippen molar-refractivity contribution in [3.05, 3.63) is 0 Å². The first-order valence-corrected chi connectivity index (χ1v) is 2.66. The topological polar surface area (TPSA) is 94.8 Å². The molecule has 0 saturated carbocycles. The number of carboxylic acid groups (broad SMARTS) is 2. The van der Waals surface area contributed by atoms with Crippen LogP contribution in [0.15, 0.2) is 0 Å². The van der Waals surface area contributed by atoms with E-state index in [2.05, 4.69) is 0 Å². The van der Waals surface area contributed by atoms with E-state index >= 15 is 0 Å².